The molecule has 0 aromatic rings. The number of aliphatic hydroxyl groups excluding tert-OH is 1. The molecule has 0 aromatic carbocycles. The minimum atomic E-state index is -4.96. The highest BCUT2D eigenvalue weighted by Gasteiger charge is 2.30. The number of unbranched alkanes of at least 4 members (excludes halogenated alkanes) is 35. The molecule has 0 rings (SSSR count). The molecule has 6 atom stereocenters. The molecular weight excluding hydrogens is 1210 g/mol. The van der Waals surface area contributed by atoms with E-state index >= 15 is 0 Å². The van der Waals surface area contributed by atoms with E-state index in [2.05, 4.69) is 55.4 Å². The third kappa shape index (κ3) is 65.4. The number of hydrogen-bond donors (Lipinski definition) is 3. The van der Waals surface area contributed by atoms with E-state index in [0.717, 1.165) is 114 Å². The maximum Gasteiger partial charge on any atom is 0.472 e. The minimum absolute atomic E-state index is 0.103. The van der Waals surface area contributed by atoms with Crippen LogP contribution in [0.1, 0.15) is 364 Å². The zero-order chi connectivity index (χ0) is 68.2. The van der Waals surface area contributed by atoms with Gasteiger partial charge in [-0.05, 0) is 49.4 Å². The zero-order valence-electron chi connectivity index (χ0n) is 60.2. The Labute approximate surface area is 562 Å². The quantitative estimate of drug-likeness (QED) is 0.0222. The Hall–Kier alpha value is -1.94. The lowest BCUT2D eigenvalue weighted by atomic mass is 9.99. The van der Waals surface area contributed by atoms with Crippen LogP contribution in [0.4, 0.5) is 0 Å². The molecule has 3 N–H and O–H groups in total. The highest BCUT2D eigenvalue weighted by atomic mass is 31.2. The van der Waals surface area contributed by atoms with Crippen LogP contribution in [-0.2, 0) is 65.4 Å². The molecule has 0 amide bonds. The van der Waals surface area contributed by atoms with E-state index in [1.807, 2.05) is 0 Å². The molecule has 0 bridgehead atoms. The Morgan fingerprint density at radius 2 is 0.522 bits per heavy atom. The summed E-state index contributed by atoms with van der Waals surface area (Å²) in [5, 5.41) is 10.6. The van der Waals surface area contributed by atoms with Crippen molar-refractivity contribution in [3.05, 3.63) is 0 Å². The van der Waals surface area contributed by atoms with Gasteiger partial charge in [0.2, 0.25) is 0 Å². The number of rotatable bonds is 70. The standard InChI is InChI=1S/C73H142O17P2/c1-9-66(8)52-44-36-28-21-24-32-40-48-56-73(78)90-68(59-83-70(75)53-45-37-29-18-16-14-12-10-11-13-15-17-25-33-41-49-63(2)3)61-87-91(79,80)85-57-67(74)58-86-92(81,82)88-62-69(89-72(77)55-47-39-31-23-20-27-35-43-51-65(6)7)60-84-71(76)54-46-38-30-22-19-26-34-42-50-64(4)5/h63-69,74H,9-62H2,1-8H3,(H,79,80)(H,81,82)/t66?,67?,68-,69-/m1/s1. The van der Waals surface area contributed by atoms with Gasteiger partial charge < -0.3 is 33.8 Å². The number of esters is 4. The fourth-order valence-electron chi connectivity index (χ4n) is 11.0. The van der Waals surface area contributed by atoms with E-state index in [4.69, 9.17) is 37.0 Å². The van der Waals surface area contributed by atoms with Crippen molar-refractivity contribution in [1.82, 2.24) is 0 Å². The number of phosphoric acid groups is 2. The normalized spacial score (nSPS) is 14.5. The lowest BCUT2D eigenvalue weighted by molar-refractivity contribution is -0.161. The van der Waals surface area contributed by atoms with E-state index in [1.54, 1.807) is 0 Å². The summed E-state index contributed by atoms with van der Waals surface area (Å²) < 4.78 is 68.4. The molecule has 0 saturated heterocycles. The van der Waals surface area contributed by atoms with Crippen LogP contribution < -0.4 is 0 Å². The summed E-state index contributed by atoms with van der Waals surface area (Å²) in [4.78, 5) is 72.6. The second-order valence-corrected chi connectivity index (χ2v) is 30.9. The first-order valence-electron chi connectivity index (χ1n) is 37.7. The van der Waals surface area contributed by atoms with Gasteiger partial charge in [0.05, 0.1) is 26.4 Å². The summed E-state index contributed by atoms with van der Waals surface area (Å²) in [6.45, 7) is 14.1. The van der Waals surface area contributed by atoms with Gasteiger partial charge in [0.25, 0.3) is 0 Å². The van der Waals surface area contributed by atoms with Gasteiger partial charge in [-0.15, -0.1) is 0 Å². The molecule has 92 heavy (non-hydrogen) atoms. The summed E-state index contributed by atoms with van der Waals surface area (Å²) in [6, 6.07) is 0. The van der Waals surface area contributed by atoms with Crippen molar-refractivity contribution in [1.29, 1.82) is 0 Å². The van der Waals surface area contributed by atoms with Gasteiger partial charge in [0.1, 0.15) is 19.3 Å². The third-order valence-electron chi connectivity index (χ3n) is 17.2. The molecule has 19 heteroatoms. The molecule has 0 spiro atoms. The Morgan fingerprint density at radius 3 is 0.772 bits per heavy atom. The first-order valence-corrected chi connectivity index (χ1v) is 40.7. The fourth-order valence-corrected chi connectivity index (χ4v) is 12.6. The molecular formula is C73H142O17P2. The van der Waals surface area contributed by atoms with Crippen molar-refractivity contribution in [2.75, 3.05) is 39.6 Å². The monoisotopic (exact) mass is 1350 g/mol. The van der Waals surface area contributed by atoms with Gasteiger partial charge in [-0.1, -0.05) is 312 Å². The number of carbonyl (C=O) groups is 4. The number of ether oxygens (including phenoxy) is 4. The molecule has 0 heterocycles. The molecule has 0 aliphatic rings. The summed E-state index contributed by atoms with van der Waals surface area (Å²) >= 11 is 0. The topological polar surface area (TPSA) is 237 Å². The smallest absolute Gasteiger partial charge is 0.462 e. The van der Waals surface area contributed by atoms with Crippen LogP contribution in [0.5, 0.6) is 0 Å². The van der Waals surface area contributed by atoms with Crippen LogP contribution in [0.3, 0.4) is 0 Å². The Balaban J connectivity index is 5.22. The lowest BCUT2D eigenvalue weighted by Crippen LogP contribution is -2.30. The second kappa shape index (κ2) is 62.6. The second-order valence-electron chi connectivity index (χ2n) is 28.0. The first-order chi connectivity index (χ1) is 44.1. The van der Waals surface area contributed by atoms with Crippen molar-refractivity contribution < 1.29 is 80.2 Å². The molecule has 546 valence electrons. The summed E-state index contributed by atoms with van der Waals surface area (Å²) in [5.41, 5.74) is 0. The third-order valence-corrected chi connectivity index (χ3v) is 19.1. The van der Waals surface area contributed by atoms with E-state index < -0.39 is 97.5 Å². The van der Waals surface area contributed by atoms with Gasteiger partial charge in [0, 0.05) is 25.7 Å². The average molecular weight is 1350 g/mol. The average Bonchev–Trinajstić information content (AvgIpc) is 2.40. The molecule has 0 aliphatic carbocycles. The molecule has 4 unspecified atom stereocenters. The van der Waals surface area contributed by atoms with E-state index in [1.165, 1.54) is 167 Å². The SMILES string of the molecule is CCC(C)CCCCCCCCCCC(=O)O[C@H](COC(=O)CCCCCCCCCCCCCCCCCC(C)C)COP(=O)(O)OCC(O)COP(=O)(O)OC[C@@H](COC(=O)CCCCCCCCCCC(C)C)OC(=O)CCCCCCCCCCC(C)C. The van der Waals surface area contributed by atoms with Gasteiger partial charge in [-0.3, -0.25) is 37.3 Å². The van der Waals surface area contributed by atoms with Gasteiger partial charge in [-0.2, -0.15) is 0 Å². The minimum Gasteiger partial charge on any atom is -0.462 e. The lowest BCUT2D eigenvalue weighted by Gasteiger charge is -2.21. The number of phosphoric ester groups is 2. The zero-order valence-corrected chi connectivity index (χ0v) is 62.0. The number of carbonyl (C=O) groups excluding carboxylic acids is 4. The highest BCUT2D eigenvalue weighted by Crippen LogP contribution is 2.45. The molecule has 0 fully saturated rings. The van der Waals surface area contributed by atoms with Crippen molar-refractivity contribution in [3.63, 3.8) is 0 Å². The van der Waals surface area contributed by atoms with Crippen molar-refractivity contribution in [2.24, 2.45) is 23.7 Å². The van der Waals surface area contributed by atoms with Crippen LogP contribution in [0.2, 0.25) is 0 Å². The molecule has 0 radical (unpaired) electrons. The molecule has 17 nitrogen and oxygen atoms in total. The van der Waals surface area contributed by atoms with Gasteiger partial charge in [0.15, 0.2) is 12.2 Å². The number of aliphatic hydroxyl groups is 1. The first kappa shape index (κ1) is 90.1. The van der Waals surface area contributed by atoms with Gasteiger partial charge >= 0.3 is 39.5 Å². The van der Waals surface area contributed by atoms with Crippen molar-refractivity contribution in [3.8, 4) is 0 Å². The number of hydrogen-bond acceptors (Lipinski definition) is 15. The summed E-state index contributed by atoms with van der Waals surface area (Å²) in [7, 11) is -9.91. The maximum atomic E-state index is 13.0. The van der Waals surface area contributed by atoms with Gasteiger partial charge in [-0.25, -0.2) is 9.13 Å². The van der Waals surface area contributed by atoms with Crippen LogP contribution in [-0.4, -0.2) is 96.7 Å². The van der Waals surface area contributed by atoms with E-state index in [9.17, 15) is 43.2 Å². The highest BCUT2D eigenvalue weighted by molar-refractivity contribution is 7.47. The summed E-state index contributed by atoms with van der Waals surface area (Å²) in [6.07, 6.45) is 45.9. The molecule has 0 aliphatic heterocycles. The van der Waals surface area contributed by atoms with Crippen molar-refractivity contribution >= 4 is 39.5 Å². The van der Waals surface area contributed by atoms with Crippen LogP contribution in [0, 0.1) is 23.7 Å². The van der Waals surface area contributed by atoms with E-state index in [-0.39, 0.29) is 25.7 Å². The molecule has 0 saturated carbocycles. The largest absolute Gasteiger partial charge is 0.472 e. The Kier molecular flexibility index (Phi) is 61.3. The molecule has 0 aromatic heterocycles. The Bertz CT molecular complexity index is 1820. The van der Waals surface area contributed by atoms with Crippen LogP contribution >= 0.6 is 15.6 Å². The predicted molar refractivity (Wildman–Crippen MR) is 372 cm³/mol. The van der Waals surface area contributed by atoms with E-state index in [0.29, 0.717) is 25.7 Å². The Morgan fingerprint density at radius 1 is 0.304 bits per heavy atom. The fraction of sp³-hybridized carbons (Fsp3) is 0.945. The van der Waals surface area contributed by atoms with Crippen molar-refractivity contribution in [2.45, 2.75) is 382 Å². The maximum absolute atomic E-state index is 13.0. The van der Waals surface area contributed by atoms with Crippen LogP contribution in [0.25, 0.3) is 0 Å². The predicted octanol–water partition coefficient (Wildman–Crippen LogP) is 20.9. The van der Waals surface area contributed by atoms with Crippen LogP contribution in [0.15, 0.2) is 0 Å². The summed E-state index contributed by atoms with van der Waals surface area (Å²) in [5.74, 6) is 0.892.